The van der Waals surface area contributed by atoms with Crippen molar-refractivity contribution in [2.24, 2.45) is 0 Å². The van der Waals surface area contributed by atoms with Gasteiger partial charge in [-0.1, -0.05) is 12.1 Å². The molecular weight excluding hydrogens is 294 g/mol. The van der Waals surface area contributed by atoms with Gasteiger partial charge in [0, 0.05) is 10.3 Å². The first-order chi connectivity index (χ1) is 9.69. The van der Waals surface area contributed by atoms with Crippen LogP contribution in [-0.4, -0.2) is 31.9 Å². The lowest BCUT2D eigenvalue weighted by atomic mass is 10.2. The molecule has 0 aliphatic heterocycles. The van der Waals surface area contributed by atoms with Crippen LogP contribution < -0.4 is 0 Å². The summed E-state index contributed by atoms with van der Waals surface area (Å²) >= 11 is 3.14. The zero-order valence-electron chi connectivity index (χ0n) is 10.6. The van der Waals surface area contributed by atoms with E-state index >= 15 is 0 Å². The van der Waals surface area contributed by atoms with Gasteiger partial charge in [-0.05, 0) is 24.0 Å². The molecule has 1 N–H and O–H groups in total. The third-order valence-corrected chi connectivity index (χ3v) is 4.47. The monoisotopic (exact) mass is 305 g/mol. The van der Waals surface area contributed by atoms with Gasteiger partial charge in [0.1, 0.15) is 12.2 Å². The van der Waals surface area contributed by atoms with E-state index in [-0.39, 0.29) is 6.42 Å². The largest absolute Gasteiger partial charge is 0.481 e. The Morgan fingerprint density at radius 1 is 1.35 bits per heavy atom. The highest BCUT2D eigenvalue weighted by atomic mass is 32.2. The average Bonchev–Trinajstić information content (AvgIpc) is 3.02. The molecule has 102 valence electrons. The number of nitrogens with zero attached hydrogens (tertiary/aromatic N) is 3. The van der Waals surface area contributed by atoms with Gasteiger partial charge in [-0.15, -0.1) is 33.3 Å². The lowest BCUT2D eigenvalue weighted by Gasteiger charge is -2.03. The number of rotatable bonds is 4. The van der Waals surface area contributed by atoms with Crippen LogP contribution in [0, 0.1) is 0 Å². The van der Waals surface area contributed by atoms with Crippen molar-refractivity contribution in [1.29, 1.82) is 0 Å². The zero-order valence-corrected chi connectivity index (χ0v) is 12.2. The molecule has 0 radical (unpaired) electrons. The predicted molar refractivity (Wildman–Crippen MR) is 79.4 cm³/mol. The molecule has 0 saturated heterocycles. The van der Waals surface area contributed by atoms with Crippen LogP contribution in [-0.2, 0) is 11.2 Å². The van der Waals surface area contributed by atoms with Crippen molar-refractivity contribution in [3.05, 3.63) is 35.5 Å². The molecule has 0 spiro atoms. The lowest BCUT2D eigenvalue weighted by molar-refractivity contribution is -0.136. The number of aromatic nitrogens is 3. The first kappa shape index (κ1) is 13.1. The molecule has 0 saturated carbocycles. The minimum atomic E-state index is -0.908. The molecule has 2 aromatic heterocycles. The van der Waals surface area contributed by atoms with Crippen molar-refractivity contribution in [3.8, 4) is 11.3 Å². The molecule has 0 fully saturated rings. The maximum Gasteiger partial charge on any atom is 0.311 e. The summed E-state index contributed by atoms with van der Waals surface area (Å²) in [5.74, 6) is -0.452. The van der Waals surface area contributed by atoms with Crippen molar-refractivity contribution in [2.75, 3.05) is 6.26 Å². The highest BCUT2D eigenvalue weighted by Crippen LogP contribution is 2.28. The Hall–Kier alpha value is -1.86. The van der Waals surface area contributed by atoms with Gasteiger partial charge >= 0.3 is 5.97 Å². The number of aliphatic carboxylic acids is 1. The van der Waals surface area contributed by atoms with Crippen LogP contribution in [0.25, 0.3) is 16.2 Å². The van der Waals surface area contributed by atoms with Gasteiger partial charge in [-0.2, -0.15) is 0 Å². The van der Waals surface area contributed by atoms with Gasteiger partial charge in [-0.3, -0.25) is 9.20 Å². The van der Waals surface area contributed by atoms with E-state index in [2.05, 4.69) is 10.2 Å². The summed E-state index contributed by atoms with van der Waals surface area (Å²) in [5.41, 5.74) is 1.96. The molecule has 0 aliphatic carbocycles. The van der Waals surface area contributed by atoms with Gasteiger partial charge in [-0.25, -0.2) is 0 Å². The maximum absolute atomic E-state index is 10.9. The van der Waals surface area contributed by atoms with Gasteiger partial charge in [0.25, 0.3) is 0 Å². The number of hydrogen-bond acceptors (Lipinski definition) is 5. The molecule has 3 aromatic rings. The van der Waals surface area contributed by atoms with Crippen molar-refractivity contribution >= 4 is 34.0 Å². The topological polar surface area (TPSA) is 67.5 Å². The number of benzene rings is 1. The van der Waals surface area contributed by atoms with Crippen LogP contribution in [0.5, 0.6) is 0 Å². The molecule has 0 aliphatic rings. The molecule has 1 aromatic carbocycles. The normalized spacial score (nSPS) is 11.1. The molecule has 0 unspecified atom stereocenters. The Kier molecular flexibility index (Phi) is 3.45. The third-order valence-electron chi connectivity index (χ3n) is 2.91. The minimum absolute atomic E-state index is 0.131. The van der Waals surface area contributed by atoms with Crippen molar-refractivity contribution < 1.29 is 9.90 Å². The van der Waals surface area contributed by atoms with E-state index < -0.39 is 5.97 Å². The smallest absolute Gasteiger partial charge is 0.311 e. The summed E-state index contributed by atoms with van der Waals surface area (Å²) in [6.45, 7) is 0. The number of fused-ring (bicyclic) bond motifs is 1. The third kappa shape index (κ3) is 2.30. The number of carboxylic acids is 1. The summed E-state index contributed by atoms with van der Waals surface area (Å²) in [4.78, 5) is 12.8. The molecule has 0 atom stereocenters. The van der Waals surface area contributed by atoms with E-state index in [1.807, 2.05) is 40.3 Å². The van der Waals surface area contributed by atoms with Crippen LogP contribution in [0.3, 0.4) is 0 Å². The Morgan fingerprint density at radius 3 is 2.75 bits per heavy atom. The van der Waals surface area contributed by atoms with Gasteiger partial charge < -0.3 is 5.11 Å². The van der Waals surface area contributed by atoms with Crippen molar-refractivity contribution in [2.45, 2.75) is 11.3 Å². The fraction of sp³-hybridized carbons (Fsp3) is 0.154. The van der Waals surface area contributed by atoms with E-state index in [1.54, 1.807) is 11.8 Å². The van der Waals surface area contributed by atoms with E-state index in [0.717, 1.165) is 11.3 Å². The second kappa shape index (κ2) is 5.26. The molecule has 0 bridgehead atoms. The fourth-order valence-corrected chi connectivity index (χ4v) is 3.25. The van der Waals surface area contributed by atoms with Crippen LogP contribution in [0.4, 0.5) is 0 Å². The Labute approximate surface area is 123 Å². The number of carboxylic acid groups (broad SMARTS) is 1. The quantitative estimate of drug-likeness (QED) is 0.751. The SMILES string of the molecule is CSc1ccc(-c2csc3nnc(CC(=O)O)n23)cc1. The molecule has 2 heterocycles. The zero-order chi connectivity index (χ0) is 14.1. The van der Waals surface area contributed by atoms with Gasteiger partial charge in [0.05, 0.1) is 5.69 Å². The van der Waals surface area contributed by atoms with Crippen molar-refractivity contribution in [3.63, 3.8) is 0 Å². The fourth-order valence-electron chi connectivity index (χ4n) is 1.99. The molecule has 5 nitrogen and oxygen atoms in total. The summed E-state index contributed by atoms with van der Waals surface area (Å²) in [5, 5.41) is 18.9. The van der Waals surface area contributed by atoms with E-state index in [0.29, 0.717) is 10.8 Å². The minimum Gasteiger partial charge on any atom is -0.481 e. The van der Waals surface area contributed by atoms with Gasteiger partial charge in [0.2, 0.25) is 4.96 Å². The number of thiazole rings is 1. The first-order valence-electron chi connectivity index (χ1n) is 5.87. The summed E-state index contributed by atoms with van der Waals surface area (Å²) in [6.07, 6.45) is 1.90. The highest BCUT2D eigenvalue weighted by Gasteiger charge is 2.15. The Balaban J connectivity index is 2.10. The van der Waals surface area contributed by atoms with Crippen LogP contribution >= 0.6 is 23.1 Å². The van der Waals surface area contributed by atoms with E-state index in [1.165, 1.54) is 16.2 Å². The van der Waals surface area contributed by atoms with E-state index in [9.17, 15) is 4.79 Å². The summed E-state index contributed by atoms with van der Waals surface area (Å²) < 4.78 is 1.81. The highest BCUT2D eigenvalue weighted by molar-refractivity contribution is 7.98. The predicted octanol–water partition coefficient (Wildman–Crippen LogP) is 2.81. The second-order valence-electron chi connectivity index (χ2n) is 4.15. The molecule has 3 rings (SSSR count). The average molecular weight is 305 g/mol. The molecule has 7 heteroatoms. The van der Waals surface area contributed by atoms with Crippen LogP contribution in [0.2, 0.25) is 0 Å². The van der Waals surface area contributed by atoms with Crippen LogP contribution in [0.15, 0.2) is 34.5 Å². The number of hydrogen-bond donors (Lipinski definition) is 1. The second-order valence-corrected chi connectivity index (χ2v) is 5.87. The number of thioether (sulfide) groups is 1. The maximum atomic E-state index is 10.9. The van der Waals surface area contributed by atoms with Crippen LogP contribution in [0.1, 0.15) is 5.82 Å². The summed E-state index contributed by atoms with van der Waals surface area (Å²) in [7, 11) is 0. The van der Waals surface area contributed by atoms with E-state index in [4.69, 9.17) is 5.11 Å². The first-order valence-corrected chi connectivity index (χ1v) is 7.97. The molecule has 0 amide bonds. The Bertz CT molecular complexity index is 762. The number of carbonyl (C=O) groups is 1. The van der Waals surface area contributed by atoms with Gasteiger partial charge in [0.15, 0.2) is 0 Å². The molecular formula is C13H11N3O2S2. The Morgan fingerprint density at radius 2 is 2.10 bits per heavy atom. The summed E-state index contributed by atoms with van der Waals surface area (Å²) in [6, 6.07) is 8.14. The molecule has 20 heavy (non-hydrogen) atoms. The standard InChI is InChI=1S/C13H11N3O2S2/c1-19-9-4-2-8(3-5-9)10-7-20-13-15-14-11(16(10)13)6-12(17)18/h2-5,7H,6H2,1H3,(H,17,18). The van der Waals surface area contributed by atoms with Crippen molar-refractivity contribution in [1.82, 2.24) is 14.6 Å². The lowest BCUT2D eigenvalue weighted by Crippen LogP contribution is -2.05.